The van der Waals surface area contributed by atoms with E-state index in [0.29, 0.717) is 62.1 Å². The number of amides is 1. The lowest BCUT2D eigenvalue weighted by atomic mass is 10.1. The van der Waals surface area contributed by atoms with Crippen LogP contribution in [-0.2, 0) is 11.2 Å². The summed E-state index contributed by atoms with van der Waals surface area (Å²) < 4.78 is 41.0. The Bertz CT molecular complexity index is 1420. The molecule has 0 saturated carbocycles. The smallest absolute Gasteiger partial charge is 0.410 e. The van der Waals surface area contributed by atoms with Gasteiger partial charge in [-0.3, -0.25) is 4.98 Å². The highest BCUT2D eigenvalue weighted by Crippen LogP contribution is 2.39. The van der Waals surface area contributed by atoms with Crippen molar-refractivity contribution in [2.24, 2.45) is 0 Å². The molecule has 2 aliphatic heterocycles. The fourth-order valence-electron chi connectivity index (χ4n) is 5.06. The molecule has 0 unspecified atom stereocenters. The molecule has 0 atom stereocenters. The van der Waals surface area contributed by atoms with Crippen molar-refractivity contribution in [3.05, 3.63) is 59.8 Å². The Labute approximate surface area is 239 Å². The van der Waals surface area contributed by atoms with Gasteiger partial charge in [-0.2, -0.15) is 0 Å². The SMILES string of the molecule is CC(C)N1CCOc2c(F)cc(-c3nc(Cc4cc(N5CCN(C(=O)OC(C)(C)C)CC5)ccn4)ncc3F)cc21. The van der Waals surface area contributed by atoms with Crippen molar-refractivity contribution in [1.82, 2.24) is 19.9 Å². The second kappa shape index (κ2) is 11.5. The van der Waals surface area contributed by atoms with Crippen molar-refractivity contribution in [3.8, 4) is 17.0 Å². The normalized spacial score (nSPS) is 15.6. The minimum Gasteiger partial charge on any atom is -0.486 e. The first-order valence-corrected chi connectivity index (χ1v) is 13.9. The number of piperazine rings is 1. The first-order valence-electron chi connectivity index (χ1n) is 13.9. The number of fused-ring (bicyclic) bond motifs is 1. The predicted octanol–water partition coefficient (Wildman–Crippen LogP) is 5.07. The number of rotatable bonds is 5. The molecule has 0 aliphatic carbocycles. The lowest BCUT2D eigenvalue weighted by molar-refractivity contribution is 0.0240. The number of anilines is 2. The fourth-order valence-corrected chi connectivity index (χ4v) is 5.06. The Kier molecular flexibility index (Phi) is 7.97. The number of pyridine rings is 1. The van der Waals surface area contributed by atoms with Crippen LogP contribution in [0.1, 0.15) is 46.1 Å². The number of ether oxygens (including phenoxy) is 2. The highest BCUT2D eigenvalue weighted by atomic mass is 19.1. The molecule has 3 aromatic rings. The molecule has 0 spiro atoms. The third-order valence-electron chi connectivity index (χ3n) is 7.04. The summed E-state index contributed by atoms with van der Waals surface area (Å²) in [6, 6.07) is 6.97. The molecule has 9 nitrogen and oxygen atoms in total. The summed E-state index contributed by atoms with van der Waals surface area (Å²) in [7, 11) is 0. The predicted molar refractivity (Wildman–Crippen MR) is 152 cm³/mol. The van der Waals surface area contributed by atoms with Crippen LogP contribution in [0.5, 0.6) is 5.75 Å². The molecule has 41 heavy (non-hydrogen) atoms. The summed E-state index contributed by atoms with van der Waals surface area (Å²) in [6.07, 6.45) is 2.80. The summed E-state index contributed by atoms with van der Waals surface area (Å²) in [5.74, 6) is -0.638. The van der Waals surface area contributed by atoms with Gasteiger partial charge in [-0.25, -0.2) is 23.5 Å². The minimum atomic E-state index is -0.634. The van der Waals surface area contributed by atoms with Crippen LogP contribution in [0.25, 0.3) is 11.3 Å². The average Bonchev–Trinajstić information content (AvgIpc) is 2.93. The van der Waals surface area contributed by atoms with E-state index in [-0.39, 0.29) is 30.0 Å². The van der Waals surface area contributed by atoms with Gasteiger partial charge in [0.25, 0.3) is 0 Å². The van der Waals surface area contributed by atoms with E-state index in [4.69, 9.17) is 9.47 Å². The molecule has 0 N–H and O–H groups in total. The van der Waals surface area contributed by atoms with Crippen LogP contribution in [0.3, 0.4) is 0 Å². The first kappa shape index (κ1) is 28.5. The molecule has 11 heteroatoms. The lowest BCUT2D eigenvalue weighted by Gasteiger charge is -2.36. The van der Waals surface area contributed by atoms with Crippen molar-refractivity contribution < 1.29 is 23.0 Å². The standard InChI is InChI=1S/C30H36F2N6O3/c1-19(2)38-12-13-40-28-23(31)14-20(15-25(28)38)27-24(32)18-34-26(35-27)17-21-16-22(6-7-33-21)36-8-10-37(11-9-36)29(39)41-30(3,4)5/h6-7,14-16,18-19H,8-13,17H2,1-5H3. The summed E-state index contributed by atoms with van der Waals surface area (Å²) in [4.78, 5) is 31.5. The summed E-state index contributed by atoms with van der Waals surface area (Å²) in [5.41, 5.74) is 2.08. The zero-order valence-corrected chi connectivity index (χ0v) is 24.2. The Hall–Kier alpha value is -4.02. The van der Waals surface area contributed by atoms with Crippen LogP contribution >= 0.6 is 0 Å². The zero-order valence-electron chi connectivity index (χ0n) is 24.2. The van der Waals surface area contributed by atoms with Crippen LogP contribution in [0, 0.1) is 11.6 Å². The molecule has 4 heterocycles. The number of hydrogen-bond acceptors (Lipinski definition) is 8. The Balaban J connectivity index is 1.32. The van der Waals surface area contributed by atoms with Crippen molar-refractivity contribution in [2.75, 3.05) is 49.1 Å². The number of carbonyl (C=O) groups excluding carboxylic acids is 1. The zero-order chi connectivity index (χ0) is 29.3. The van der Waals surface area contributed by atoms with Crippen LogP contribution < -0.4 is 14.5 Å². The topological polar surface area (TPSA) is 83.9 Å². The molecular formula is C30H36F2N6O3. The minimum absolute atomic E-state index is 0.0281. The number of aromatic nitrogens is 3. The van der Waals surface area contributed by atoms with E-state index in [1.165, 1.54) is 6.07 Å². The Morgan fingerprint density at radius 2 is 1.80 bits per heavy atom. The molecule has 5 rings (SSSR count). The number of halogens is 2. The van der Waals surface area contributed by atoms with Crippen LogP contribution in [0.2, 0.25) is 0 Å². The average molecular weight is 567 g/mol. The van der Waals surface area contributed by atoms with Gasteiger partial charge in [0.05, 0.1) is 24.8 Å². The molecule has 2 aliphatic rings. The Morgan fingerprint density at radius 3 is 2.51 bits per heavy atom. The van der Waals surface area contributed by atoms with E-state index in [0.717, 1.165) is 11.9 Å². The molecule has 0 radical (unpaired) electrons. The fraction of sp³-hybridized carbons (Fsp3) is 0.467. The van der Waals surface area contributed by atoms with Gasteiger partial charge in [0.1, 0.15) is 23.7 Å². The largest absolute Gasteiger partial charge is 0.486 e. The highest BCUT2D eigenvalue weighted by Gasteiger charge is 2.27. The number of benzene rings is 1. The van der Waals surface area contributed by atoms with E-state index in [1.54, 1.807) is 17.2 Å². The van der Waals surface area contributed by atoms with Gasteiger partial charge in [0, 0.05) is 55.4 Å². The third-order valence-corrected chi connectivity index (χ3v) is 7.04. The number of nitrogens with zero attached hydrogens (tertiary/aromatic N) is 6. The quantitative estimate of drug-likeness (QED) is 0.423. The van der Waals surface area contributed by atoms with Gasteiger partial charge in [-0.15, -0.1) is 0 Å². The van der Waals surface area contributed by atoms with Crippen molar-refractivity contribution in [1.29, 1.82) is 0 Å². The van der Waals surface area contributed by atoms with E-state index < -0.39 is 17.2 Å². The van der Waals surface area contributed by atoms with Gasteiger partial charge in [-0.05, 0) is 58.9 Å². The Morgan fingerprint density at radius 1 is 1.05 bits per heavy atom. The monoisotopic (exact) mass is 566 g/mol. The molecule has 1 aromatic carbocycles. The lowest BCUT2D eigenvalue weighted by Crippen LogP contribution is -2.50. The van der Waals surface area contributed by atoms with Crippen LogP contribution in [-0.4, -0.2) is 76.9 Å². The first-order chi connectivity index (χ1) is 19.5. The van der Waals surface area contributed by atoms with Gasteiger partial charge >= 0.3 is 6.09 Å². The van der Waals surface area contributed by atoms with Crippen molar-refractivity contribution >= 4 is 17.5 Å². The van der Waals surface area contributed by atoms with E-state index in [2.05, 4.69) is 19.9 Å². The molecular weight excluding hydrogens is 530 g/mol. The number of carbonyl (C=O) groups is 1. The summed E-state index contributed by atoms with van der Waals surface area (Å²) in [5, 5.41) is 0. The maximum atomic E-state index is 15.0. The van der Waals surface area contributed by atoms with Gasteiger partial charge < -0.3 is 24.2 Å². The maximum absolute atomic E-state index is 15.0. The van der Waals surface area contributed by atoms with Crippen molar-refractivity contribution in [3.63, 3.8) is 0 Å². The maximum Gasteiger partial charge on any atom is 0.410 e. The van der Waals surface area contributed by atoms with Gasteiger partial charge in [0.15, 0.2) is 17.4 Å². The van der Waals surface area contributed by atoms with E-state index in [1.807, 2.05) is 51.7 Å². The highest BCUT2D eigenvalue weighted by molar-refractivity contribution is 5.72. The third kappa shape index (κ3) is 6.49. The summed E-state index contributed by atoms with van der Waals surface area (Å²) >= 11 is 0. The van der Waals surface area contributed by atoms with E-state index in [9.17, 15) is 9.18 Å². The summed E-state index contributed by atoms with van der Waals surface area (Å²) in [6.45, 7) is 13.0. The molecule has 218 valence electrons. The van der Waals surface area contributed by atoms with Crippen LogP contribution in [0.15, 0.2) is 36.7 Å². The van der Waals surface area contributed by atoms with Gasteiger partial charge in [-0.1, -0.05) is 0 Å². The van der Waals surface area contributed by atoms with Crippen molar-refractivity contribution in [2.45, 2.75) is 52.7 Å². The number of hydrogen-bond donors (Lipinski definition) is 0. The molecule has 1 amide bonds. The van der Waals surface area contributed by atoms with Crippen LogP contribution in [0.4, 0.5) is 25.0 Å². The van der Waals surface area contributed by atoms with Gasteiger partial charge in [0.2, 0.25) is 0 Å². The molecule has 1 fully saturated rings. The second-order valence-electron chi connectivity index (χ2n) is 11.6. The molecule has 2 aromatic heterocycles. The molecule has 1 saturated heterocycles. The molecule has 0 bridgehead atoms. The second-order valence-corrected chi connectivity index (χ2v) is 11.6. The van der Waals surface area contributed by atoms with E-state index >= 15 is 4.39 Å².